The summed E-state index contributed by atoms with van der Waals surface area (Å²) < 4.78 is 10.3. The van der Waals surface area contributed by atoms with Gasteiger partial charge in [-0.3, -0.25) is 9.59 Å². The first-order chi connectivity index (χ1) is 10.0. The van der Waals surface area contributed by atoms with Crippen LogP contribution in [0.1, 0.15) is 19.8 Å². The fourth-order valence-corrected chi connectivity index (χ4v) is 2.15. The summed E-state index contributed by atoms with van der Waals surface area (Å²) in [6.45, 7) is 1.57. The number of carbonyl (C=O) groups is 2. The second-order valence-electron chi connectivity index (χ2n) is 5.00. The molecule has 1 aromatic carbocycles. The summed E-state index contributed by atoms with van der Waals surface area (Å²) >= 11 is 0. The molecule has 0 radical (unpaired) electrons. The van der Waals surface area contributed by atoms with Crippen molar-refractivity contribution in [2.45, 2.75) is 25.8 Å². The van der Waals surface area contributed by atoms with Crippen LogP contribution >= 0.6 is 0 Å². The SMILES string of the molecule is COc1ccc(NC(=O)CN(C(C)=O)C2CC2)cc1OC. The van der Waals surface area contributed by atoms with Crippen molar-refractivity contribution in [2.24, 2.45) is 0 Å². The lowest BCUT2D eigenvalue weighted by molar-refractivity contribution is -0.133. The normalized spacial score (nSPS) is 13.5. The molecule has 0 aliphatic heterocycles. The minimum Gasteiger partial charge on any atom is -0.493 e. The quantitative estimate of drug-likeness (QED) is 0.865. The lowest BCUT2D eigenvalue weighted by Crippen LogP contribution is -2.38. The monoisotopic (exact) mass is 292 g/mol. The van der Waals surface area contributed by atoms with E-state index in [2.05, 4.69) is 5.32 Å². The molecule has 2 amide bonds. The highest BCUT2D eigenvalue weighted by atomic mass is 16.5. The van der Waals surface area contributed by atoms with Gasteiger partial charge in [0.15, 0.2) is 11.5 Å². The van der Waals surface area contributed by atoms with Gasteiger partial charge in [-0.1, -0.05) is 0 Å². The Morgan fingerprint density at radius 1 is 1.24 bits per heavy atom. The number of amides is 2. The van der Waals surface area contributed by atoms with Gasteiger partial charge in [0.25, 0.3) is 0 Å². The zero-order chi connectivity index (χ0) is 15.4. The number of methoxy groups -OCH3 is 2. The van der Waals surface area contributed by atoms with Crippen LogP contribution in [0.25, 0.3) is 0 Å². The minimum atomic E-state index is -0.218. The molecule has 1 N–H and O–H groups in total. The number of hydrogen-bond donors (Lipinski definition) is 1. The van der Waals surface area contributed by atoms with Crippen molar-refractivity contribution in [3.05, 3.63) is 18.2 Å². The smallest absolute Gasteiger partial charge is 0.244 e. The summed E-state index contributed by atoms with van der Waals surface area (Å²) in [4.78, 5) is 25.2. The molecule has 21 heavy (non-hydrogen) atoms. The Morgan fingerprint density at radius 2 is 1.90 bits per heavy atom. The van der Waals surface area contributed by atoms with Crippen LogP contribution < -0.4 is 14.8 Å². The largest absolute Gasteiger partial charge is 0.493 e. The molecule has 0 bridgehead atoms. The van der Waals surface area contributed by atoms with Gasteiger partial charge in [0.2, 0.25) is 11.8 Å². The van der Waals surface area contributed by atoms with Gasteiger partial charge in [-0.05, 0) is 25.0 Å². The highest BCUT2D eigenvalue weighted by Gasteiger charge is 2.32. The van der Waals surface area contributed by atoms with Crippen LogP contribution in [0.5, 0.6) is 11.5 Å². The van der Waals surface area contributed by atoms with Gasteiger partial charge in [0.1, 0.15) is 6.54 Å². The maximum atomic E-state index is 12.0. The fourth-order valence-electron chi connectivity index (χ4n) is 2.15. The molecule has 6 heteroatoms. The zero-order valence-corrected chi connectivity index (χ0v) is 12.5. The van der Waals surface area contributed by atoms with E-state index < -0.39 is 0 Å². The molecule has 0 unspecified atom stereocenters. The van der Waals surface area contributed by atoms with Crippen LogP contribution in [0, 0.1) is 0 Å². The first-order valence-electron chi connectivity index (χ1n) is 6.84. The third-order valence-corrected chi connectivity index (χ3v) is 3.37. The summed E-state index contributed by atoms with van der Waals surface area (Å²) in [6, 6.07) is 5.36. The van der Waals surface area contributed by atoms with E-state index in [1.165, 1.54) is 14.0 Å². The maximum absolute atomic E-state index is 12.0. The molecule has 1 aromatic rings. The number of benzene rings is 1. The average Bonchev–Trinajstić information content (AvgIpc) is 3.28. The van der Waals surface area contributed by atoms with Crippen molar-refractivity contribution in [3.8, 4) is 11.5 Å². The Bertz CT molecular complexity index is 540. The van der Waals surface area contributed by atoms with Crippen molar-refractivity contribution < 1.29 is 19.1 Å². The van der Waals surface area contributed by atoms with Gasteiger partial charge >= 0.3 is 0 Å². The molecule has 2 rings (SSSR count). The van der Waals surface area contributed by atoms with Crippen molar-refractivity contribution in [2.75, 3.05) is 26.1 Å². The van der Waals surface area contributed by atoms with Gasteiger partial charge in [0, 0.05) is 24.7 Å². The molecule has 0 heterocycles. The van der Waals surface area contributed by atoms with Gasteiger partial charge in [-0.2, -0.15) is 0 Å². The topological polar surface area (TPSA) is 67.9 Å². The van der Waals surface area contributed by atoms with Crippen LogP contribution in [0.2, 0.25) is 0 Å². The Balaban J connectivity index is 2.00. The predicted octanol–water partition coefficient (Wildman–Crippen LogP) is 1.65. The molecular weight excluding hydrogens is 272 g/mol. The van der Waals surface area contributed by atoms with Crippen molar-refractivity contribution in [3.63, 3.8) is 0 Å². The molecule has 1 aliphatic carbocycles. The van der Waals surface area contributed by atoms with Gasteiger partial charge in [-0.15, -0.1) is 0 Å². The van der Waals surface area contributed by atoms with E-state index in [0.717, 1.165) is 12.8 Å². The molecule has 1 fully saturated rings. The number of hydrogen-bond acceptors (Lipinski definition) is 4. The van der Waals surface area contributed by atoms with Gasteiger partial charge < -0.3 is 19.7 Å². The summed E-state index contributed by atoms with van der Waals surface area (Å²) in [5, 5.41) is 2.77. The second-order valence-corrected chi connectivity index (χ2v) is 5.00. The van der Waals surface area contributed by atoms with Gasteiger partial charge in [0.05, 0.1) is 14.2 Å². The van der Waals surface area contributed by atoms with E-state index in [1.807, 2.05) is 0 Å². The molecule has 1 saturated carbocycles. The molecule has 0 aromatic heterocycles. The van der Waals surface area contributed by atoms with E-state index in [0.29, 0.717) is 17.2 Å². The number of rotatable bonds is 6. The predicted molar refractivity (Wildman–Crippen MR) is 78.6 cm³/mol. The van der Waals surface area contributed by atoms with E-state index in [1.54, 1.807) is 30.2 Å². The Morgan fingerprint density at radius 3 is 2.43 bits per heavy atom. The zero-order valence-electron chi connectivity index (χ0n) is 12.5. The summed E-state index contributed by atoms with van der Waals surface area (Å²) in [6.07, 6.45) is 1.95. The second kappa shape index (κ2) is 6.47. The number of ether oxygens (including phenoxy) is 2. The summed E-state index contributed by atoms with van der Waals surface area (Å²) in [5.41, 5.74) is 0.608. The van der Waals surface area contributed by atoms with Crippen LogP contribution in [-0.2, 0) is 9.59 Å². The molecule has 0 spiro atoms. The van der Waals surface area contributed by atoms with Crippen molar-refractivity contribution in [1.29, 1.82) is 0 Å². The number of carbonyl (C=O) groups excluding carboxylic acids is 2. The van der Waals surface area contributed by atoms with E-state index in [9.17, 15) is 9.59 Å². The number of anilines is 1. The van der Waals surface area contributed by atoms with E-state index in [-0.39, 0.29) is 24.4 Å². The fraction of sp³-hybridized carbons (Fsp3) is 0.467. The Labute approximate surface area is 124 Å². The molecular formula is C15H20N2O4. The van der Waals surface area contributed by atoms with Crippen LogP contribution in [0.15, 0.2) is 18.2 Å². The Kier molecular flexibility index (Phi) is 4.67. The van der Waals surface area contributed by atoms with Crippen LogP contribution in [0.4, 0.5) is 5.69 Å². The van der Waals surface area contributed by atoms with E-state index in [4.69, 9.17) is 9.47 Å². The van der Waals surface area contributed by atoms with Crippen molar-refractivity contribution in [1.82, 2.24) is 4.90 Å². The van der Waals surface area contributed by atoms with Crippen molar-refractivity contribution >= 4 is 17.5 Å². The average molecular weight is 292 g/mol. The van der Waals surface area contributed by atoms with E-state index >= 15 is 0 Å². The highest BCUT2D eigenvalue weighted by Crippen LogP contribution is 2.30. The van der Waals surface area contributed by atoms with Crippen LogP contribution in [0.3, 0.4) is 0 Å². The maximum Gasteiger partial charge on any atom is 0.244 e. The summed E-state index contributed by atoms with van der Waals surface area (Å²) in [5.74, 6) is 0.851. The lowest BCUT2D eigenvalue weighted by atomic mass is 10.2. The molecule has 1 aliphatic rings. The highest BCUT2D eigenvalue weighted by molar-refractivity contribution is 5.94. The molecule has 6 nitrogen and oxygen atoms in total. The standard InChI is InChI=1S/C15H20N2O4/c1-10(18)17(12-5-6-12)9-15(19)16-11-4-7-13(20-2)14(8-11)21-3/h4,7-8,12H,5-6,9H2,1-3H3,(H,16,19). The summed E-state index contributed by atoms with van der Waals surface area (Å²) in [7, 11) is 3.09. The minimum absolute atomic E-state index is 0.0695. The molecule has 114 valence electrons. The van der Waals surface area contributed by atoms with Crippen LogP contribution in [-0.4, -0.2) is 43.5 Å². The third kappa shape index (κ3) is 3.87. The van der Waals surface area contributed by atoms with Gasteiger partial charge in [-0.25, -0.2) is 0 Å². The number of nitrogens with zero attached hydrogens (tertiary/aromatic N) is 1. The molecule has 0 saturated heterocycles. The third-order valence-electron chi connectivity index (χ3n) is 3.37. The molecule has 0 atom stereocenters. The Hall–Kier alpha value is -2.24. The lowest BCUT2D eigenvalue weighted by Gasteiger charge is -2.20. The first kappa shape index (κ1) is 15.2. The first-order valence-corrected chi connectivity index (χ1v) is 6.84. The number of nitrogens with one attached hydrogen (secondary N) is 1.